The number of ether oxygens (including phenoxy) is 6. The molecule has 2 aliphatic heterocycles. The van der Waals surface area contributed by atoms with Gasteiger partial charge in [0.25, 0.3) is 11.8 Å². The summed E-state index contributed by atoms with van der Waals surface area (Å²) in [5.74, 6) is -1.84. The van der Waals surface area contributed by atoms with E-state index in [1.165, 1.54) is 31.2 Å². The molecule has 0 saturated carbocycles. The van der Waals surface area contributed by atoms with Gasteiger partial charge in [-0.25, -0.2) is 0 Å². The number of fused-ring (bicyclic) bond motifs is 2. The summed E-state index contributed by atoms with van der Waals surface area (Å²) in [5.41, 5.74) is 7.56. The molecule has 0 bridgehead atoms. The van der Waals surface area contributed by atoms with Gasteiger partial charge in [0.2, 0.25) is 17.7 Å². The first-order chi connectivity index (χ1) is 31.3. The number of amides is 5. The van der Waals surface area contributed by atoms with Crippen molar-refractivity contribution in [1.29, 1.82) is 0 Å². The van der Waals surface area contributed by atoms with E-state index in [1.807, 2.05) is 0 Å². The average molecular weight is 910 g/mol. The molecule has 7 rings (SSSR count). The lowest BCUT2D eigenvalue weighted by Crippen LogP contribution is -2.54. The van der Waals surface area contributed by atoms with Crippen LogP contribution in [0.25, 0.3) is 33.4 Å². The number of benzene rings is 4. The third-order valence-corrected chi connectivity index (χ3v) is 10.7. The fourth-order valence-corrected chi connectivity index (χ4v) is 7.51. The summed E-state index contributed by atoms with van der Waals surface area (Å²) < 4.78 is 40.3. The van der Waals surface area contributed by atoms with Crippen molar-refractivity contribution in [2.24, 2.45) is 5.73 Å². The van der Waals surface area contributed by atoms with E-state index in [-0.39, 0.29) is 101 Å². The molecule has 0 radical (unpaired) electrons. The van der Waals surface area contributed by atoms with E-state index in [4.69, 9.17) is 50.2 Å². The van der Waals surface area contributed by atoms with Crippen LogP contribution in [-0.4, -0.2) is 106 Å². The summed E-state index contributed by atoms with van der Waals surface area (Å²) in [5, 5.41) is 2.70. The first-order valence-electron chi connectivity index (χ1n) is 20.7. The molecule has 3 N–H and O–H groups in total. The number of ketones is 1. The Labute approximate surface area is 376 Å². The molecule has 338 valence electrons. The van der Waals surface area contributed by atoms with Crippen molar-refractivity contribution in [2.75, 3.05) is 59.5 Å². The third-order valence-electron chi connectivity index (χ3n) is 10.4. The fourth-order valence-electron chi connectivity index (χ4n) is 7.25. The summed E-state index contributed by atoms with van der Waals surface area (Å²) in [6.45, 7) is 5.66. The van der Waals surface area contributed by atoms with Crippen LogP contribution in [0.2, 0.25) is 5.02 Å². The highest BCUT2D eigenvalue weighted by Gasteiger charge is 2.44. The van der Waals surface area contributed by atoms with Gasteiger partial charge in [0.05, 0.1) is 67.8 Å². The normalized spacial score (nSPS) is 14.7. The van der Waals surface area contributed by atoms with Gasteiger partial charge in [-0.15, -0.1) is 0 Å². The number of hydrogen-bond acceptors (Lipinski definition) is 14. The zero-order valence-corrected chi connectivity index (χ0v) is 36.2. The first kappa shape index (κ1) is 46.1. The number of imide groups is 2. The van der Waals surface area contributed by atoms with Gasteiger partial charge in [-0.1, -0.05) is 11.6 Å². The zero-order chi connectivity index (χ0) is 46.2. The lowest BCUT2D eigenvalue weighted by atomic mass is 9.96. The average Bonchev–Trinajstić information content (AvgIpc) is 3.52. The van der Waals surface area contributed by atoms with Gasteiger partial charge < -0.3 is 38.6 Å². The molecule has 1 fully saturated rings. The van der Waals surface area contributed by atoms with Gasteiger partial charge in [0.1, 0.15) is 47.8 Å². The number of carbonyl (C=O) groups is 6. The van der Waals surface area contributed by atoms with Crippen LogP contribution in [0.15, 0.2) is 82.0 Å². The maximum absolute atomic E-state index is 13.5. The van der Waals surface area contributed by atoms with Gasteiger partial charge in [0.15, 0.2) is 11.2 Å². The van der Waals surface area contributed by atoms with Crippen LogP contribution in [0.4, 0.5) is 0 Å². The minimum atomic E-state index is -1.04. The lowest BCUT2D eigenvalue weighted by Gasteiger charge is -2.27. The van der Waals surface area contributed by atoms with Crippen molar-refractivity contribution in [3.63, 3.8) is 0 Å². The summed E-state index contributed by atoms with van der Waals surface area (Å²) in [6.07, 6.45) is 0.116. The summed E-state index contributed by atoms with van der Waals surface area (Å²) in [7, 11) is 0. The van der Waals surface area contributed by atoms with E-state index in [9.17, 15) is 33.6 Å². The maximum atomic E-state index is 13.5. The van der Waals surface area contributed by atoms with E-state index >= 15 is 0 Å². The summed E-state index contributed by atoms with van der Waals surface area (Å²) in [6, 6.07) is 17.5. The molecule has 1 aromatic heterocycles. The largest absolute Gasteiger partial charge is 0.493 e. The molecular weight excluding hydrogens is 866 g/mol. The Morgan fingerprint density at radius 2 is 1.34 bits per heavy atom. The minimum absolute atomic E-state index is 0.0402. The van der Waals surface area contributed by atoms with Crippen molar-refractivity contribution < 1.29 is 61.6 Å². The number of nitrogens with two attached hydrogens (primary N) is 1. The second-order valence-corrected chi connectivity index (χ2v) is 15.2. The van der Waals surface area contributed by atoms with Crippen LogP contribution in [0.3, 0.4) is 0 Å². The molecule has 4 aromatic carbocycles. The van der Waals surface area contributed by atoms with Crippen molar-refractivity contribution in [1.82, 2.24) is 10.2 Å². The molecule has 1 unspecified atom stereocenters. The molecule has 1 saturated heterocycles. The SMILES string of the molecule is CCOc1cc2oc(-c3ccc(OCCOCCOCCOCCOc4ccc5c(c4)C(=O)N(C4CCC(=O)NC4=O)C5=O)cc3Cl)cc(=O)c2cc1-c1cc(C(C)=O)cc(C(N)=O)c1. The molecule has 2 aliphatic rings. The standard InChI is InChI=1S/C47H44ClN3O14/c1-3-62-40-25-42-36(23-34(40)28-18-27(26(2)52)19-29(20-28)44(49)55)39(53)24-41(65-42)33-7-5-31(22-37(33)48)64-17-15-61-13-11-59-10-12-60-14-16-63-30-4-6-32-35(21-30)47(58)51(46(32)57)38-8-9-43(54)50-45(38)56/h4-7,18-25,38H,3,8-17H2,1-2H3,(H2,49,55)(H,50,54,56). The van der Waals surface area contributed by atoms with Gasteiger partial charge in [0, 0.05) is 40.8 Å². The van der Waals surface area contributed by atoms with E-state index in [2.05, 4.69) is 5.32 Å². The Bertz CT molecular complexity index is 2720. The van der Waals surface area contributed by atoms with E-state index in [0.717, 1.165) is 4.90 Å². The zero-order valence-electron chi connectivity index (χ0n) is 35.4. The smallest absolute Gasteiger partial charge is 0.262 e. The molecule has 5 amide bonds. The molecule has 0 aliphatic carbocycles. The minimum Gasteiger partial charge on any atom is -0.493 e. The van der Waals surface area contributed by atoms with E-state index in [1.54, 1.807) is 55.5 Å². The highest BCUT2D eigenvalue weighted by molar-refractivity contribution is 6.33. The van der Waals surface area contributed by atoms with Crippen LogP contribution in [0.1, 0.15) is 68.1 Å². The number of halogens is 1. The second-order valence-electron chi connectivity index (χ2n) is 14.8. The van der Waals surface area contributed by atoms with Crippen LogP contribution >= 0.6 is 11.6 Å². The molecule has 18 heteroatoms. The molecule has 3 heterocycles. The quantitative estimate of drug-likeness (QED) is 0.0535. The van der Waals surface area contributed by atoms with Crippen molar-refractivity contribution in [2.45, 2.75) is 32.7 Å². The number of nitrogens with zero attached hydrogens (tertiary/aromatic N) is 1. The molecule has 1 atom stereocenters. The maximum Gasteiger partial charge on any atom is 0.262 e. The van der Waals surface area contributed by atoms with Gasteiger partial charge >= 0.3 is 0 Å². The van der Waals surface area contributed by atoms with Crippen molar-refractivity contribution in [3.05, 3.63) is 110 Å². The number of rotatable bonds is 21. The van der Waals surface area contributed by atoms with Crippen molar-refractivity contribution >= 4 is 57.9 Å². The highest BCUT2D eigenvalue weighted by atomic mass is 35.5. The van der Waals surface area contributed by atoms with E-state index in [0.29, 0.717) is 60.4 Å². The number of primary amides is 1. The fraction of sp³-hybridized carbons (Fsp3) is 0.298. The summed E-state index contributed by atoms with van der Waals surface area (Å²) >= 11 is 6.64. The Morgan fingerprint density at radius 3 is 1.95 bits per heavy atom. The Balaban J connectivity index is 0.815. The van der Waals surface area contributed by atoms with Gasteiger partial charge in [-0.05, 0) is 86.5 Å². The number of hydrogen-bond donors (Lipinski definition) is 2. The number of nitrogens with one attached hydrogen (secondary N) is 1. The van der Waals surface area contributed by atoms with Crippen LogP contribution in [0.5, 0.6) is 17.2 Å². The Morgan fingerprint density at radius 1 is 0.723 bits per heavy atom. The first-order valence-corrected chi connectivity index (χ1v) is 21.1. The molecule has 65 heavy (non-hydrogen) atoms. The van der Waals surface area contributed by atoms with Crippen LogP contribution in [-0.2, 0) is 23.8 Å². The Hall–Kier alpha value is -6.92. The summed E-state index contributed by atoms with van der Waals surface area (Å²) in [4.78, 5) is 88.3. The Kier molecular flexibility index (Phi) is 14.7. The monoisotopic (exact) mass is 909 g/mol. The third kappa shape index (κ3) is 10.7. The number of piperidine rings is 1. The molecule has 5 aromatic rings. The van der Waals surface area contributed by atoms with Crippen LogP contribution in [0, 0.1) is 0 Å². The number of carbonyl (C=O) groups excluding carboxylic acids is 6. The predicted octanol–water partition coefficient (Wildman–Crippen LogP) is 5.39. The second kappa shape index (κ2) is 20.7. The van der Waals surface area contributed by atoms with Crippen LogP contribution < -0.4 is 30.7 Å². The van der Waals surface area contributed by atoms with E-state index < -0.39 is 35.6 Å². The topological polar surface area (TPSA) is 229 Å². The highest BCUT2D eigenvalue weighted by Crippen LogP contribution is 2.38. The van der Waals surface area contributed by atoms with Gasteiger partial charge in [-0.2, -0.15) is 0 Å². The van der Waals surface area contributed by atoms with Crippen molar-refractivity contribution in [3.8, 4) is 39.7 Å². The van der Waals surface area contributed by atoms with Gasteiger partial charge in [-0.3, -0.25) is 43.8 Å². The predicted molar refractivity (Wildman–Crippen MR) is 235 cm³/mol. The molecule has 0 spiro atoms. The molecular formula is C47H44ClN3O14. The lowest BCUT2D eigenvalue weighted by molar-refractivity contribution is -0.136. The molecule has 17 nitrogen and oxygen atoms in total. The number of Topliss-reactive ketones (excluding diaryl/α,β-unsaturated/α-hetero) is 1.